The van der Waals surface area contributed by atoms with E-state index in [0.717, 1.165) is 12.5 Å². The molecule has 0 aromatic rings. The van der Waals surface area contributed by atoms with Crippen LogP contribution >= 0.6 is 12.4 Å². The highest BCUT2D eigenvalue weighted by Crippen LogP contribution is 2.18. The Morgan fingerprint density at radius 3 is 2.83 bits per heavy atom. The Balaban J connectivity index is 0.00000121. The zero-order chi connectivity index (χ0) is 8.10. The van der Waals surface area contributed by atoms with Crippen LogP contribution in [-0.4, -0.2) is 31.1 Å². The Labute approximate surface area is 81.9 Å². The number of nitrogens with two attached hydrogens (primary N) is 1. The van der Waals surface area contributed by atoms with Crippen molar-refractivity contribution in [1.29, 1.82) is 0 Å². The van der Waals surface area contributed by atoms with E-state index < -0.39 is 0 Å². The number of likely N-dealkylation sites (tertiary alicyclic amines) is 1. The zero-order valence-corrected chi connectivity index (χ0v) is 8.78. The summed E-state index contributed by atoms with van der Waals surface area (Å²) in [7, 11) is 0. The Morgan fingerprint density at radius 2 is 2.25 bits per heavy atom. The number of hydrogen-bond acceptors (Lipinski definition) is 2. The SMILES string of the molecule is CCN1CCCC(CCN)C1.Cl. The fourth-order valence-electron chi connectivity index (χ4n) is 1.91. The highest BCUT2D eigenvalue weighted by Gasteiger charge is 2.17. The largest absolute Gasteiger partial charge is 0.330 e. The molecule has 0 aliphatic carbocycles. The molecule has 1 saturated heterocycles. The van der Waals surface area contributed by atoms with Gasteiger partial charge >= 0.3 is 0 Å². The van der Waals surface area contributed by atoms with Gasteiger partial charge in [-0.25, -0.2) is 0 Å². The Morgan fingerprint density at radius 1 is 1.50 bits per heavy atom. The minimum Gasteiger partial charge on any atom is -0.330 e. The van der Waals surface area contributed by atoms with E-state index in [-0.39, 0.29) is 12.4 Å². The molecule has 1 aliphatic rings. The zero-order valence-electron chi connectivity index (χ0n) is 7.96. The van der Waals surface area contributed by atoms with Gasteiger partial charge < -0.3 is 10.6 Å². The smallest absolute Gasteiger partial charge is 0.00100 e. The van der Waals surface area contributed by atoms with Crippen molar-refractivity contribution >= 4 is 12.4 Å². The fourth-order valence-corrected chi connectivity index (χ4v) is 1.91. The van der Waals surface area contributed by atoms with Crippen LogP contribution in [0.3, 0.4) is 0 Å². The first-order valence-electron chi connectivity index (χ1n) is 4.79. The van der Waals surface area contributed by atoms with Crippen LogP contribution < -0.4 is 5.73 Å². The lowest BCUT2D eigenvalue weighted by Crippen LogP contribution is -2.35. The van der Waals surface area contributed by atoms with Gasteiger partial charge in [-0.3, -0.25) is 0 Å². The summed E-state index contributed by atoms with van der Waals surface area (Å²) in [6.45, 7) is 6.90. The predicted octanol–water partition coefficient (Wildman–Crippen LogP) is 1.49. The summed E-state index contributed by atoms with van der Waals surface area (Å²) in [6, 6.07) is 0. The van der Waals surface area contributed by atoms with Gasteiger partial charge in [-0.1, -0.05) is 6.92 Å². The minimum atomic E-state index is 0. The molecule has 74 valence electrons. The lowest BCUT2D eigenvalue weighted by Gasteiger charge is -2.31. The average molecular weight is 193 g/mol. The highest BCUT2D eigenvalue weighted by atomic mass is 35.5. The predicted molar refractivity (Wildman–Crippen MR) is 55.8 cm³/mol. The van der Waals surface area contributed by atoms with Crippen molar-refractivity contribution in [3.63, 3.8) is 0 Å². The summed E-state index contributed by atoms with van der Waals surface area (Å²) >= 11 is 0. The lowest BCUT2D eigenvalue weighted by atomic mass is 9.95. The van der Waals surface area contributed by atoms with Gasteiger partial charge in [0.2, 0.25) is 0 Å². The van der Waals surface area contributed by atoms with Gasteiger partial charge in [0.25, 0.3) is 0 Å². The normalized spacial score (nSPS) is 25.0. The second-order valence-electron chi connectivity index (χ2n) is 3.48. The topological polar surface area (TPSA) is 29.3 Å². The van der Waals surface area contributed by atoms with E-state index in [1.54, 1.807) is 0 Å². The molecule has 0 aromatic carbocycles. The maximum Gasteiger partial charge on any atom is 0.00100 e. The van der Waals surface area contributed by atoms with Crippen molar-refractivity contribution in [2.75, 3.05) is 26.2 Å². The second kappa shape index (κ2) is 6.70. The number of nitrogens with zero attached hydrogens (tertiary/aromatic N) is 1. The van der Waals surface area contributed by atoms with E-state index in [1.165, 1.54) is 38.9 Å². The van der Waals surface area contributed by atoms with Crippen LogP contribution in [0, 0.1) is 5.92 Å². The van der Waals surface area contributed by atoms with Crippen LogP contribution in [0.2, 0.25) is 0 Å². The van der Waals surface area contributed by atoms with E-state index in [0.29, 0.717) is 0 Å². The molecule has 0 radical (unpaired) electrons. The van der Waals surface area contributed by atoms with Crippen molar-refractivity contribution in [3.05, 3.63) is 0 Å². The van der Waals surface area contributed by atoms with E-state index in [2.05, 4.69) is 11.8 Å². The van der Waals surface area contributed by atoms with Crippen LogP contribution in [-0.2, 0) is 0 Å². The van der Waals surface area contributed by atoms with Crippen LogP contribution in [0.1, 0.15) is 26.2 Å². The molecule has 1 rings (SSSR count). The van der Waals surface area contributed by atoms with Crippen LogP contribution in [0.15, 0.2) is 0 Å². The van der Waals surface area contributed by atoms with E-state index in [4.69, 9.17) is 5.73 Å². The summed E-state index contributed by atoms with van der Waals surface area (Å²) < 4.78 is 0. The Kier molecular flexibility index (Phi) is 6.81. The first kappa shape index (κ1) is 12.2. The molecule has 3 heteroatoms. The van der Waals surface area contributed by atoms with Gasteiger partial charge in [0.15, 0.2) is 0 Å². The third-order valence-corrected chi connectivity index (χ3v) is 2.63. The number of rotatable bonds is 3. The summed E-state index contributed by atoms with van der Waals surface area (Å²) in [5.41, 5.74) is 5.53. The number of hydrogen-bond donors (Lipinski definition) is 1. The third kappa shape index (κ3) is 3.74. The van der Waals surface area contributed by atoms with Crippen molar-refractivity contribution in [2.45, 2.75) is 26.2 Å². The van der Waals surface area contributed by atoms with Crippen LogP contribution in [0.25, 0.3) is 0 Å². The van der Waals surface area contributed by atoms with Gasteiger partial charge in [0.1, 0.15) is 0 Å². The molecule has 0 aromatic heterocycles. The van der Waals surface area contributed by atoms with Crippen molar-refractivity contribution < 1.29 is 0 Å². The third-order valence-electron chi connectivity index (χ3n) is 2.63. The van der Waals surface area contributed by atoms with Gasteiger partial charge in [-0.2, -0.15) is 0 Å². The average Bonchev–Trinajstić information content (AvgIpc) is 2.06. The quantitative estimate of drug-likeness (QED) is 0.735. The molecule has 0 bridgehead atoms. The lowest BCUT2D eigenvalue weighted by molar-refractivity contribution is 0.178. The summed E-state index contributed by atoms with van der Waals surface area (Å²) in [6.07, 6.45) is 3.99. The first-order chi connectivity index (χ1) is 5.36. The van der Waals surface area contributed by atoms with Crippen molar-refractivity contribution in [3.8, 4) is 0 Å². The molecule has 1 heterocycles. The minimum absolute atomic E-state index is 0. The second-order valence-corrected chi connectivity index (χ2v) is 3.48. The highest BCUT2D eigenvalue weighted by molar-refractivity contribution is 5.85. The van der Waals surface area contributed by atoms with E-state index >= 15 is 0 Å². The summed E-state index contributed by atoms with van der Waals surface area (Å²) in [4.78, 5) is 2.53. The van der Waals surface area contributed by atoms with Gasteiger partial charge in [0.05, 0.1) is 0 Å². The molecule has 1 atom stereocenters. The van der Waals surface area contributed by atoms with Crippen molar-refractivity contribution in [2.24, 2.45) is 11.7 Å². The van der Waals surface area contributed by atoms with Crippen molar-refractivity contribution in [1.82, 2.24) is 4.90 Å². The molecular formula is C9H21ClN2. The molecular weight excluding hydrogens is 172 g/mol. The van der Waals surface area contributed by atoms with Crippen LogP contribution in [0.4, 0.5) is 0 Å². The van der Waals surface area contributed by atoms with Gasteiger partial charge in [-0.15, -0.1) is 12.4 Å². The molecule has 1 fully saturated rings. The Hall–Kier alpha value is 0.210. The Bertz CT molecular complexity index is 107. The molecule has 0 spiro atoms. The standard InChI is InChI=1S/C9H20N2.ClH/c1-2-11-7-3-4-9(8-11)5-6-10;/h9H,2-8,10H2,1H3;1H. The first-order valence-corrected chi connectivity index (χ1v) is 4.79. The molecule has 2 nitrogen and oxygen atoms in total. The molecule has 12 heavy (non-hydrogen) atoms. The number of piperidine rings is 1. The van der Waals surface area contributed by atoms with E-state index in [9.17, 15) is 0 Å². The van der Waals surface area contributed by atoms with Gasteiger partial charge in [-0.05, 0) is 44.8 Å². The molecule has 0 saturated carbocycles. The molecule has 2 N–H and O–H groups in total. The van der Waals surface area contributed by atoms with E-state index in [1.807, 2.05) is 0 Å². The fraction of sp³-hybridized carbons (Fsp3) is 1.00. The molecule has 1 unspecified atom stereocenters. The molecule has 1 aliphatic heterocycles. The maximum atomic E-state index is 5.53. The number of halogens is 1. The van der Waals surface area contributed by atoms with Crippen LogP contribution in [0.5, 0.6) is 0 Å². The summed E-state index contributed by atoms with van der Waals surface area (Å²) in [5, 5.41) is 0. The molecule has 0 amide bonds. The maximum absolute atomic E-state index is 5.53. The summed E-state index contributed by atoms with van der Waals surface area (Å²) in [5.74, 6) is 0.883. The monoisotopic (exact) mass is 192 g/mol. The van der Waals surface area contributed by atoms with Gasteiger partial charge in [0, 0.05) is 6.54 Å².